The maximum absolute atomic E-state index is 12.3. The number of benzene rings is 2. The molecule has 0 saturated carbocycles. The van der Waals surface area contributed by atoms with E-state index in [1.165, 1.54) is 12.4 Å². The summed E-state index contributed by atoms with van der Waals surface area (Å²) in [6.45, 7) is 16.6. The van der Waals surface area contributed by atoms with Crippen LogP contribution in [0.4, 0.5) is 28.6 Å². The number of nitrogens with zero attached hydrogens (tertiary/aromatic N) is 5. The minimum atomic E-state index is -0.273. The minimum absolute atomic E-state index is 0.273. The van der Waals surface area contributed by atoms with Crippen LogP contribution in [-0.4, -0.2) is 74.2 Å². The van der Waals surface area contributed by atoms with E-state index in [0.29, 0.717) is 29.5 Å². The molecule has 1 fully saturated rings. The van der Waals surface area contributed by atoms with E-state index in [1.807, 2.05) is 31.2 Å². The summed E-state index contributed by atoms with van der Waals surface area (Å²) in [7, 11) is 4.17. The number of carbonyl (C=O) groups excluding carboxylic acids is 1. The fraction of sp³-hybridized carbons (Fsp3) is 0.323. The molecule has 0 radical (unpaired) electrons. The van der Waals surface area contributed by atoms with Crippen LogP contribution in [0.25, 0.3) is 17.3 Å². The van der Waals surface area contributed by atoms with E-state index in [4.69, 9.17) is 4.74 Å². The van der Waals surface area contributed by atoms with Gasteiger partial charge in [-0.15, -0.1) is 0 Å². The molecule has 1 amide bonds. The quantitative estimate of drug-likeness (QED) is 0.318. The Bertz CT molecular complexity index is 1370. The molecule has 1 aliphatic rings. The molecule has 0 unspecified atom stereocenters. The predicted molar refractivity (Wildman–Crippen MR) is 166 cm³/mol. The average Bonchev–Trinajstić information content (AvgIpc) is 2.98. The second kappa shape index (κ2) is 13.1. The standard InChI is InChI=1S/C31H39N7O2/c1-7-22-17-23(11-12-27(22)37(6)9-3)24-19-30(33-21-32-24)34-26-18-25(35-31(39)8-2)28(20-29(26)40-10-4)38-15-13-36(5)14-16-38/h7-8,11-12,17-21H,1-2,9-10,13-16H2,3-6H3,(H,35,39)(H,32,33,34). The number of amides is 1. The van der Waals surface area contributed by atoms with Gasteiger partial charge in [0.1, 0.15) is 17.9 Å². The number of aromatic nitrogens is 2. The van der Waals surface area contributed by atoms with Crippen molar-refractivity contribution in [2.75, 3.05) is 73.9 Å². The second-order valence-corrected chi connectivity index (χ2v) is 9.69. The lowest BCUT2D eigenvalue weighted by atomic mass is 10.0. The number of ether oxygens (including phenoxy) is 1. The minimum Gasteiger partial charge on any atom is -0.492 e. The maximum atomic E-state index is 12.3. The van der Waals surface area contributed by atoms with Crippen LogP contribution in [0.3, 0.4) is 0 Å². The van der Waals surface area contributed by atoms with Crippen molar-refractivity contribution in [1.29, 1.82) is 0 Å². The molecule has 2 N–H and O–H groups in total. The Kier molecular flexibility index (Phi) is 9.39. The van der Waals surface area contributed by atoms with Gasteiger partial charge in [0.25, 0.3) is 0 Å². The maximum Gasteiger partial charge on any atom is 0.247 e. The van der Waals surface area contributed by atoms with Crippen LogP contribution in [-0.2, 0) is 4.79 Å². The van der Waals surface area contributed by atoms with Crippen LogP contribution in [0.2, 0.25) is 0 Å². The number of anilines is 5. The molecule has 210 valence electrons. The summed E-state index contributed by atoms with van der Waals surface area (Å²) in [5.74, 6) is 1.01. The largest absolute Gasteiger partial charge is 0.492 e. The van der Waals surface area contributed by atoms with Gasteiger partial charge in [-0.25, -0.2) is 9.97 Å². The molecule has 3 aromatic rings. The van der Waals surface area contributed by atoms with Crippen molar-refractivity contribution in [3.63, 3.8) is 0 Å². The van der Waals surface area contributed by atoms with E-state index < -0.39 is 0 Å². The lowest BCUT2D eigenvalue weighted by molar-refractivity contribution is -0.111. The van der Waals surface area contributed by atoms with Crippen LogP contribution < -0.4 is 25.2 Å². The zero-order chi connectivity index (χ0) is 28.6. The highest BCUT2D eigenvalue weighted by molar-refractivity contribution is 6.02. The molecule has 2 aromatic carbocycles. The Morgan fingerprint density at radius 3 is 2.52 bits per heavy atom. The highest BCUT2D eigenvalue weighted by Gasteiger charge is 2.21. The number of hydrogen-bond donors (Lipinski definition) is 2. The Morgan fingerprint density at radius 1 is 1.07 bits per heavy atom. The third kappa shape index (κ3) is 6.60. The number of carbonyl (C=O) groups is 1. The van der Waals surface area contributed by atoms with Crippen LogP contribution in [0.1, 0.15) is 19.4 Å². The van der Waals surface area contributed by atoms with Gasteiger partial charge in [-0.05, 0) is 50.7 Å². The monoisotopic (exact) mass is 541 g/mol. The zero-order valence-electron chi connectivity index (χ0n) is 23.9. The average molecular weight is 542 g/mol. The molecule has 9 heteroatoms. The first-order valence-electron chi connectivity index (χ1n) is 13.6. The van der Waals surface area contributed by atoms with Crippen molar-refractivity contribution in [2.24, 2.45) is 0 Å². The normalized spacial score (nSPS) is 13.4. The molecule has 0 bridgehead atoms. The number of rotatable bonds is 11. The molecule has 2 heterocycles. The van der Waals surface area contributed by atoms with Crippen molar-refractivity contribution in [3.05, 3.63) is 67.5 Å². The number of nitrogens with one attached hydrogen (secondary N) is 2. The molecular weight excluding hydrogens is 502 g/mol. The predicted octanol–water partition coefficient (Wildman–Crippen LogP) is 5.26. The molecule has 0 aliphatic carbocycles. The van der Waals surface area contributed by atoms with Crippen LogP contribution in [0.5, 0.6) is 5.75 Å². The fourth-order valence-electron chi connectivity index (χ4n) is 4.65. The van der Waals surface area contributed by atoms with Gasteiger partial charge in [-0.2, -0.15) is 0 Å². The Labute approximate surface area is 237 Å². The molecule has 0 spiro atoms. The summed E-state index contributed by atoms with van der Waals surface area (Å²) >= 11 is 0. The van der Waals surface area contributed by atoms with Crippen molar-refractivity contribution >= 4 is 40.6 Å². The van der Waals surface area contributed by atoms with Gasteiger partial charge >= 0.3 is 0 Å². The molecule has 40 heavy (non-hydrogen) atoms. The van der Waals surface area contributed by atoms with Gasteiger partial charge in [-0.3, -0.25) is 4.79 Å². The summed E-state index contributed by atoms with van der Waals surface area (Å²) in [6.07, 6.45) is 4.67. The zero-order valence-corrected chi connectivity index (χ0v) is 23.9. The number of piperazine rings is 1. The molecule has 4 rings (SSSR count). The van der Waals surface area contributed by atoms with E-state index in [0.717, 1.165) is 60.9 Å². The van der Waals surface area contributed by atoms with Gasteiger partial charge in [0.05, 0.1) is 29.4 Å². The molecule has 0 atom stereocenters. The summed E-state index contributed by atoms with van der Waals surface area (Å²) < 4.78 is 6.05. The topological polar surface area (TPSA) is 85.9 Å². The van der Waals surface area contributed by atoms with E-state index >= 15 is 0 Å². The van der Waals surface area contributed by atoms with E-state index in [1.54, 1.807) is 0 Å². The first kappa shape index (κ1) is 28.6. The molecule has 9 nitrogen and oxygen atoms in total. The first-order valence-corrected chi connectivity index (χ1v) is 13.6. The van der Waals surface area contributed by atoms with Gasteiger partial charge in [0.2, 0.25) is 5.91 Å². The molecule has 1 aliphatic heterocycles. The van der Waals surface area contributed by atoms with Gasteiger partial charge in [0, 0.05) is 63.2 Å². The summed E-state index contributed by atoms with van der Waals surface area (Å²) in [5.41, 5.74) is 6.17. The lowest BCUT2D eigenvalue weighted by Gasteiger charge is -2.35. The lowest BCUT2D eigenvalue weighted by Crippen LogP contribution is -2.44. The van der Waals surface area contributed by atoms with Gasteiger partial charge in [0.15, 0.2) is 0 Å². The summed E-state index contributed by atoms with van der Waals surface area (Å²) in [4.78, 5) is 28.1. The summed E-state index contributed by atoms with van der Waals surface area (Å²) in [5, 5.41) is 6.37. The highest BCUT2D eigenvalue weighted by atomic mass is 16.5. The van der Waals surface area contributed by atoms with Gasteiger partial charge in [-0.1, -0.05) is 25.3 Å². The van der Waals surface area contributed by atoms with Crippen molar-refractivity contribution in [3.8, 4) is 17.0 Å². The first-order chi connectivity index (χ1) is 19.4. The third-order valence-corrected chi connectivity index (χ3v) is 7.04. The van der Waals surface area contributed by atoms with Crippen LogP contribution in [0.15, 0.2) is 62.0 Å². The van der Waals surface area contributed by atoms with Crippen LogP contribution in [0, 0.1) is 0 Å². The van der Waals surface area contributed by atoms with E-state index in [-0.39, 0.29) is 5.91 Å². The summed E-state index contributed by atoms with van der Waals surface area (Å²) in [6, 6.07) is 12.0. The fourth-order valence-corrected chi connectivity index (χ4v) is 4.65. The number of likely N-dealkylation sites (N-methyl/N-ethyl adjacent to an activating group) is 1. The van der Waals surface area contributed by atoms with Gasteiger partial charge < -0.3 is 30.1 Å². The second-order valence-electron chi connectivity index (χ2n) is 9.69. The van der Waals surface area contributed by atoms with Crippen molar-refractivity contribution in [1.82, 2.24) is 14.9 Å². The third-order valence-electron chi connectivity index (χ3n) is 7.04. The smallest absolute Gasteiger partial charge is 0.247 e. The SMILES string of the molecule is C=CC(=O)Nc1cc(Nc2cc(-c3ccc(N(C)CC)c(C=C)c3)ncn2)c(OCC)cc1N1CCN(C)CC1. The van der Waals surface area contributed by atoms with E-state index in [9.17, 15) is 4.79 Å². The molecule has 1 saturated heterocycles. The van der Waals surface area contributed by atoms with Crippen molar-refractivity contribution in [2.45, 2.75) is 13.8 Å². The highest BCUT2D eigenvalue weighted by Crippen LogP contribution is 2.39. The van der Waals surface area contributed by atoms with Crippen molar-refractivity contribution < 1.29 is 9.53 Å². The van der Waals surface area contributed by atoms with Crippen LogP contribution >= 0.6 is 0 Å². The number of hydrogen-bond acceptors (Lipinski definition) is 8. The Hall–Kier alpha value is -4.37. The molecular formula is C31H39N7O2. The Balaban J connectivity index is 1.70. The molecule has 1 aromatic heterocycles. The Morgan fingerprint density at radius 2 is 1.85 bits per heavy atom. The van der Waals surface area contributed by atoms with E-state index in [2.05, 4.69) is 87.7 Å².